The Morgan fingerprint density at radius 2 is 2.06 bits per heavy atom. The zero-order valence-electron chi connectivity index (χ0n) is 9.91. The Hall–Kier alpha value is -2.11. The van der Waals surface area contributed by atoms with Gasteiger partial charge in [-0.25, -0.2) is 8.78 Å². The van der Waals surface area contributed by atoms with Crippen LogP contribution in [0.5, 0.6) is 5.75 Å². The Balaban J connectivity index is 2.52. The molecule has 18 heavy (non-hydrogen) atoms. The first-order chi connectivity index (χ1) is 8.41. The van der Waals surface area contributed by atoms with Crippen molar-refractivity contribution in [1.82, 2.24) is 5.16 Å². The van der Waals surface area contributed by atoms with Crippen LogP contribution in [0.1, 0.15) is 12.5 Å². The molecule has 2 rings (SSSR count). The van der Waals surface area contributed by atoms with Crippen LogP contribution < -0.4 is 10.5 Å². The molecular formula is C12H12F2N2O2. The maximum Gasteiger partial charge on any atom is 0.274 e. The van der Waals surface area contributed by atoms with E-state index in [2.05, 4.69) is 5.16 Å². The number of nitrogens with zero attached hydrogens (tertiary/aromatic N) is 1. The number of nitrogen functional groups attached to an aromatic ring is 1. The van der Waals surface area contributed by atoms with Crippen molar-refractivity contribution < 1.29 is 18.0 Å². The van der Waals surface area contributed by atoms with Crippen LogP contribution >= 0.6 is 0 Å². The van der Waals surface area contributed by atoms with Crippen molar-refractivity contribution in [3.05, 3.63) is 29.8 Å². The lowest BCUT2D eigenvalue weighted by atomic mass is 10.0. The van der Waals surface area contributed by atoms with Crippen LogP contribution in [0.2, 0.25) is 0 Å². The van der Waals surface area contributed by atoms with Crippen LogP contribution in [-0.2, 0) is 5.92 Å². The number of hydrogen-bond donors (Lipinski definition) is 1. The third kappa shape index (κ3) is 2.27. The molecule has 1 aromatic carbocycles. The molecule has 0 unspecified atom stereocenters. The van der Waals surface area contributed by atoms with Crippen molar-refractivity contribution in [3.8, 4) is 17.1 Å². The van der Waals surface area contributed by atoms with E-state index in [0.29, 0.717) is 11.3 Å². The summed E-state index contributed by atoms with van der Waals surface area (Å²) in [4.78, 5) is 0. The Labute approximate surface area is 102 Å². The summed E-state index contributed by atoms with van der Waals surface area (Å²) in [6, 6.07) is 5.84. The smallest absolute Gasteiger partial charge is 0.274 e. The maximum atomic E-state index is 13.5. The molecule has 1 heterocycles. The number of rotatable bonds is 3. The van der Waals surface area contributed by atoms with E-state index < -0.39 is 5.92 Å². The van der Waals surface area contributed by atoms with Crippen LogP contribution in [0.3, 0.4) is 0 Å². The van der Waals surface area contributed by atoms with Gasteiger partial charge in [-0.1, -0.05) is 5.16 Å². The molecule has 1 aromatic heterocycles. The van der Waals surface area contributed by atoms with Crippen LogP contribution in [0, 0.1) is 0 Å². The highest BCUT2D eigenvalue weighted by Gasteiger charge is 2.29. The van der Waals surface area contributed by atoms with Gasteiger partial charge in [0.25, 0.3) is 5.92 Å². The predicted octanol–water partition coefficient (Wildman–Crippen LogP) is 3.04. The monoisotopic (exact) mass is 254 g/mol. The lowest BCUT2D eigenvalue weighted by Crippen LogP contribution is -2.09. The average molecular weight is 254 g/mol. The van der Waals surface area contributed by atoms with Gasteiger partial charge in [-0.15, -0.1) is 0 Å². The van der Waals surface area contributed by atoms with E-state index in [9.17, 15) is 8.78 Å². The van der Waals surface area contributed by atoms with Gasteiger partial charge in [-0.3, -0.25) is 0 Å². The van der Waals surface area contributed by atoms with Gasteiger partial charge in [0.1, 0.15) is 5.75 Å². The second kappa shape index (κ2) is 4.29. The van der Waals surface area contributed by atoms with Gasteiger partial charge in [0.15, 0.2) is 11.6 Å². The summed E-state index contributed by atoms with van der Waals surface area (Å²) in [7, 11) is 1.34. The summed E-state index contributed by atoms with van der Waals surface area (Å²) in [5, 5.41) is 3.51. The summed E-state index contributed by atoms with van der Waals surface area (Å²) < 4.78 is 36.8. The Morgan fingerprint density at radius 3 is 2.56 bits per heavy atom. The van der Waals surface area contributed by atoms with Gasteiger partial charge >= 0.3 is 0 Å². The van der Waals surface area contributed by atoms with Gasteiger partial charge in [0.2, 0.25) is 0 Å². The minimum atomic E-state index is -3.01. The quantitative estimate of drug-likeness (QED) is 0.914. The summed E-state index contributed by atoms with van der Waals surface area (Å²) in [5.41, 5.74) is 5.68. The van der Waals surface area contributed by atoms with E-state index in [1.807, 2.05) is 0 Å². The number of ether oxygens (including phenoxy) is 1. The summed E-state index contributed by atoms with van der Waals surface area (Å²) in [5.74, 6) is -2.35. The van der Waals surface area contributed by atoms with Gasteiger partial charge < -0.3 is 15.0 Å². The highest BCUT2D eigenvalue weighted by molar-refractivity contribution is 5.63. The molecule has 2 N–H and O–H groups in total. The summed E-state index contributed by atoms with van der Waals surface area (Å²) >= 11 is 0. The molecule has 0 fully saturated rings. The Morgan fingerprint density at radius 1 is 1.33 bits per heavy atom. The van der Waals surface area contributed by atoms with Crippen molar-refractivity contribution in [2.45, 2.75) is 12.8 Å². The lowest BCUT2D eigenvalue weighted by molar-refractivity contribution is 0.0151. The number of halogens is 2. The Kier molecular flexibility index (Phi) is 2.94. The third-order valence-corrected chi connectivity index (χ3v) is 2.49. The molecule has 0 saturated heterocycles. The van der Waals surface area contributed by atoms with Gasteiger partial charge in [-0.05, 0) is 18.2 Å². The zero-order chi connectivity index (χ0) is 13.3. The number of methoxy groups -OCH3 is 1. The molecule has 0 atom stereocenters. The molecule has 0 saturated carbocycles. The molecule has 0 radical (unpaired) electrons. The standard InChI is InChI=1S/C12H12F2N2O2/c1-12(13,14)8-5-7(3-4-9(8)17-2)10-6-11(15)16-18-10/h3-6H,1-2H3,(H2,15,16). The average Bonchev–Trinajstić information content (AvgIpc) is 2.74. The first-order valence-corrected chi connectivity index (χ1v) is 5.20. The van der Waals surface area contributed by atoms with Crippen molar-refractivity contribution >= 4 is 5.82 Å². The molecule has 6 heteroatoms. The van der Waals surface area contributed by atoms with E-state index in [1.165, 1.54) is 25.3 Å². The predicted molar refractivity (Wildman–Crippen MR) is 62.5 cm³/mol. The number of nitrogens with two attached hydrogens (primary N) is 1. The summed E-state index contributed by atoms with van der Waals surface area (Å²) in [6.07, 6.45) is 0. The lowest BCUT2D eigenvalue weighted by Gasteiger charge is -2.15. The largest absolute Gasteiger partial charge is 0.496 e. The fourth-order valence-electron chi connectivity index (χ4n) is 1.63. The Bertz CT molecular complexity index is 561. The van der Waals surface area contributed by atoms with Crippen molar-refractivity contribution in [1.29, 1.82) is 0 Å². The van der Waals surface area contributed by atoms with Crippen molar-refractivity contribution in [2.24, 2.45) is 0 Å². The molecular weight excluding hydrogens is 242 g/mol. The third-order valence-electron chi connectivity index (χ3n) is 2.49. The second-order valence-corrected chi connectivity index (χ2v) is 3.92. The molecule has 0 amide bonds. The van der Waals surface area contributed by atoms with Gasteiger partial charge in [0.05, 0.1) is 12.7 Å². The zero-order valence-corrected chi connectivity index (χ0v) is 9.91. The van der Waals surface area contributed by atoms with Gasteiger partial charge in [-0.2, -0.15) is 0 Å². The van der Waals surface area contributed by atoms with Gasteiger partial charge in [0, 0.05) is 18.6 Å². The van der Waals surface area contributed by atoms with E-state index >= 15 is 0 Å². The number of alkyl halides is 2. The number of anilines is 1. The molecule has 2 aromatic rings. The highest BCUT2D eigenvalue weighted by atomic mass is 19.3. The first kappa shape index (κ1) is 12.3. The summed E-state index contributed by atoms with van der Waals surface area (Å²) in [6.45, 7) is 0.809. The molecule has 96 valence electrons. The molecule has 0 aliphatic rings. The van der Waals surface area contributed by atoms with Crippen LogP contribution in [-0.4, -0.2) is 12.3 Å². The molecule has 0 bridgehead atoms. The van der Waals surface area contributed by atoms with E-state index in [0.717, 1.165) is 6.92 Å². The highest BCUT2D eigenvalue weighted by Crippen LogP contribution is 2.37. The van der Waals surface area contributed by atoms with E-state index in [1.54, 1.807) is 6.07 Å². The van der Waals surface area contributed by atoms with Crippen molar-refractivity contribution in [3.63, 3.8) is 0 Å². The first-order valence-electron chi connectivity index (χ1n) is 5.20. The fourth-order valence-corrected chi connectivity index (χ4v) is 1.63. The molecule has 4 nitrogen and oxygen atoms in total. The molecule has 0 aliphatic heterocycles. The van der Waals surface area contributed by atoms with E-state index in [4.69, 9.17) is 15.0 Å². The van der Waals surface area contributed by atoms with Crippen LogP contribution in [0.4, 0.5) is 14.6 Å². The normalized spacial score (nSPS) is 11.6. The second-order valence-electron chi connectivity index (χ2n) is 3.92. The maximum absolute atomic E-state index is 13.5. The number of hydrogen-bond acceptors (Lipinski definition) is 4. The van der Waals surface area contributed by atoms with Crippen molar-refractivity contribution in [2.75, 3.05) is 12.8 Å². The SMILES string of the molecule is COc1ccc(-c2cc(N)no2)cc1C(C)(F)F. The minimum absolute atomic E-state index is 0.124. The topological polar surface area (TPSA) is 61.3 Å². The number of aromatic nitrogens is 1. The fraction of sp³-hybridized carbons (Fsp3) is 0.250. The number of benzene rings is 1. The van der Waals surface area contributed by atoms with Crippen LogP contribution in [0.25, 0.3) is 11.3 Å². The van der Waals surface area contributed by atoms with Crippen LogP contribution in [0.15, 0.2) is 28.8 Å². The molecule has 0 spiro atoms. The minimum Gasteiger partial charge on any atom is -0.496 e. The van der Waals surface area contributed by atoms with E-state index in [-0.39, 0.29) is 17.1 Å². The molecule has 0 aliphatic carbocycles.